The van der Waals surface area contributed by atoms with Crippen LogP contribution in [0.5, 0.6) is 5.75 Å². The number of hydrogen-bond acceptors (Lipinski definition) is 4. The Labute approximate surface area is 122 Å². The number of anilines is 1. The quantitative estimate of drug-likeness (QED) is 0.854. The number of ether oxygens (including phenoxy) is 1. The largest absolute Gasteiger partial charge is 0.490 e. The van der Waals surface area contributed by atoms with E-state index in [2.05, 4.69) is 4.72 Å². The SMILES string of the molecule is NCCOc1ccccc1NS(=O)(=O)c1ccccc1F. The molecule has 0 aromatic heterocycles. The highest BCUT2D eigenvalue weighted by Gasteiger charge is 2.20. The van der Waals surface area contributed by atoms with E-state index in [0.29, 0.717) is 12.3 Å². The van der Waals surface area contributed by atoms with Crippen molar-refractivity contribution in [3.63, 3.8) is 0 Å². The van der Waals surface area contributed by atoms with Crippen molar-refractivity contribution in [2.45, 2.75) is 4.90 Å². The summed E-state index contributed by atoms with van der Waals surface area (Å²) in [4.78, 5) is -0.418. The molecule has 0 aliphatic heterocycles. The van der Waals surface area contributed by atoms with E-state index < -0.39 is 20.7 Å². The Kier molecular flexibility index (Phi) is 4.77. The average molecular weight is 310 g/mol. The van der Waals surface area contributed by atoms with E-state index in [4.69, 9.17) is 10.5 Å². The van der Waals surface area contributed by atoms with Gasteiger partial charge in [0, 0.05) is 6.54 Å². The molecule has 0 unspecified atom stereocenters. The van der Waals surface area contributed by atoms with Gasteiger partial charge >= 0.3 is 0 Å². The van der Waals surface area contributed by atoms with Gasteiger partial charge in [-0.2, -0.15) is 0 Å². The van der Waals surface area contributed by atoms with E-state index >= 15 is 0 Å². The second-order valence-electron chi connectivity index (χ2n) is 4.17. The first-order chi connectivity index (χ1) is 10.0. The van der Waals surface area contributed by atoms with Crippen molar-refractivity contribution in [3.8, 4) is 5.75 Å². The number of rotatable bonds is 6. The minimum absolute atomic E-state index is 0.231. The van der Waals surface area contributed by atoms with Crippen LogP contribution in [0.4, 0.5) is 10.1 Å². The molecule has 2 rings (SSSR count). The van der Waals surface area contributed by atoms with Crippen LogP contribution < -0.4 is 15.2 Å². The summed E-state index contributed by atoms with van der Waals surface area (Å²) in [6.45, 7) is 0.548. The van der Waals surface area contributed by atoms with Crippen LogP contribution in [0.2, 0.25) is 0 Å². The molecule has 112 valence electrons. The lowest BCUT2D eigenvalue weighted by molar-refractivity contribution is 0.330. The topological polar surface area (TPSA) is 81.4 Å². The summed E-state index contributed by atoms with van der Waals surface area (Å²) in [5.74, 6) is -0.478. The Morgan fingerprint density at radius 2 is 1.76 bits per heavy atom. The zero-order valence-corrected chi connectivity index (χ0v) is 11.9. The van der Waals surface area contributed by atoms with Gasteiger partial charge in [-0.1, -0.05) is 24.3 Å². The summed E-state index contributed by atoms with van der Waals surface area (Å²) in [5.41, 5.74) is 5.58. The fraction of sp³-hybridized carbons (Fsp3) is 0.143. The van der Waals surface area contributed by atoms with Crippen LogP contribution in [0, 0.1) is 5.82 Å². The average Bonchev–Trinajstić information content (AvgIpc) is 2.46. The van der Waals surface area contributed by atoms with Crippen molar-refractivity contribution in [2.75, 3.05) is 17.9 Å². The summed E-state index contributed by atoms with van der Waals surface area (Å²) < 4.78 is 45.7. The van der Waals surface area contributed by atoms with Crippen LogP contribution in [0.1, 0.15) is 0 Å². The van der Waals surface area contributed by atoms with Crippen LogP contribution in [-0.2, 0) is 10.0 Å². The Morgan fingerprint density at radius 1 is 1.10 bits per heavy atom. The minimum Gasteiger partial charge on any atom is -0.490 e. The lowest BCUT2D eigenvalue weighted by Gasteiger charge is -2.13. The smallest absolute Gasteiger partial charge is 0.264 e. The molecule has 0 aliphatic carbocycles. The lowest BCUT2D eigenvalue weighted by Crippen LogP contribution is -2.16. The van der Waals surface area contributed by atoms with Gasteiger partial charge in [-0.25, -0.2) is 12.8 Å². The summed E-state index contributed by atoms with van der Waals surface area (Å²) in [5, 5.41) is 0. The standard InChI is InChI=1S/C14H15FN2O3S/c15-11-5-1-4-8-14(11)21(18,19)17-12-6-2-3-7-13(12)20-10-9-16/h1-8,17H,9-10,16H2. The Morgan fingerprint density at radius 3 is 2.48 bits per heavy atom. The lowest BCUT2D eigenvalue weighted by atomic mass is 10.3. The first kappa shape index (κ1) is 15.3. The van der Waals surface area contributed by atoms with Crippen molar-refractivity contribution in [3.05, 3.63) is 54.3 Å². The second kappa shape index (κ2) is 6.55. The maximum absolute atomic E-state index is 13.6. The van der Waals surface area contributed by atoms with Crippen molar-refractivity contribution < 1.29 is 17.5 Å². The highest BCUT2D eigenvalue weighted by molar-refractivity contribution is 7.92. The van der Waals surface area contributed by atoms with Crippen LogP contribution in [-0.4, -0.2) is 21.6 Å². The van der Waals surface area contributed by atoms with Gasteiger partial charge in [0.25, 0.3) is 10.0 Å². The molecule has 0 saturated heterocycles. The summed E-state index contributed by atoms with van der Waals surface area (Å²) in [6.07, 6.45) is 0. The molecule has 0 bridgehead atoms. The van der Waals surface area contributed by atoms with Crippen LogP contribution >= 0.6 is 0 Å². The number of sulfonamides is 1. The van der Waals surface area contributed by atoms with Gasteiger partial charge in [-0.3, -0.25) is 4.72 Å². The number of para-hydroxylation sites is 2. The minimum atomic E-state index is -4.03. The molecular weight excluding hydrogens is 295 g/mol. The molecule has 0 saturated carbocycles. The molecule has 7 heteroatoms. The fourth-order valence-corrected chi connectivity index (χ4v) is 2.86. The van der Waals surface area contributed by atoms with E-state index in [-0.39, 0.29) is 12.3 Å². The third kappa shape index (κ3) is 3.71. The molecule has 0 amide bonds. The van der Waals surface area contributed by atoms with E-state index in [0.717, 1.165) is 6.07 Å². The van der Waals surface area contributed by atoms with Gasteiger partial charge in [-0.05, 0) is 24.3 Å². The zero-order valence-electron chi connectivity index (χ0n) is 11.1. The van der Waals surface area contributed by atoms with Gasteiger partial charge in [0.15, 0.2) is 0 Å². The van der Waals surface area contributed by atoms with Crippen molar-refractivity contribution >= 4 is 15.7 Å². The summed E-state index contributed by atoms with van der Waals surface area (Å²) in [7, 11) is -4.03. The van der Waals surface area contributed by atoms with Crippen molar-refractivity contribution in [2.24, 2.45) is 5.73 Å². The number of nitrogens with two attached hydrogens (primary N) is 1. The predicted octanol–water partition coefficient (Wildman–Crippen LogP) is 1.96. The summed E-state index contributed by atoms with van der Waals surface area (Å²) in [6, 6.07) is 11.6. The fourth-order valence-electron chi connectivity index (χ4n) is 1.71. The molecule has 21 heavy (non-hydrogen) atoms. The van der Waals surface area contributed by atoms with Gasteiger partial charge in [0.2, 0.25) is 0 Å². The maximum atomic E-state index is 13.6. The molecule has 0 spiro atoms. The molecule has 0 fully saturated rings. The van der Waals surface area contributed by atoms with Gasteiger partial charge in [0.05, 0.1) is 5.69 Å². The van der Waals surface area contributed by atoms with E-state index in [1.165, 1.54) is 24.3 Å². The van der Waals surface area contributed by atoms with E-state index in [1.807, 2.05) is 0 Å². The van der Waals surface area contributed by atoms with Crippen LogP contribution in [0.3, 0.4) is 0 Å². The van der Waals surface area contributed by atoms with Crippen molar-refractivity contribution in [1.29, 1.82) is 0 Å². The number of hydrogen-bond donors (Lipinski definition) is 2. The second-order valence-corrected chi connectivity index (χ2v) is 5.82. The van der Waals surface area contributed by atoms with Gasteiger partial charge in [0.1, 0.15) is 23.1 Å². The predicted molar refractivity (Wildman–Crippen MR) is 78.2 cm³/mol. The van der Waals surface area contributed by atoms with E-state index in [9.17, 15) is 12.8 Å². The third-order valence-corrected chi connectivity index (χ3v) is 4.03. The normalized spacial score (nSPS) is 11.1. The number of halogens is 1. The highest BCUT2D eigenvalue weighted by Crippen LogP contribution is 2.27. The maximum Gasteiger partial charge on any atom is 0.264 e. The Hall–Kier alpha value is -2.12. The molecule has 0 aliphatic rings. The molecule has 2 aromatic carbocycles. The zero-order chi connectivity index (χ0) is 15.3. The first-order valence-electron chi connectivity index (χ1n) is 6.24. The molecule has 0 atom stereocenters. The van der Waals surface area contributed by atoms with Gasteiger partial charge < -0.3 is 10.5 Å². The number of nitrogens with one attached hydrogen (secondary N) is 1. The molecular formula is C14H15FN2O3S. The highest BCUT2D eigenvalue weighted by atomic mass is 32.2. The molecule has 2 aromatic rings. The van der Waals surface area contributed by atoms with E-state index in [1.54, 1.807) is 18.2 Å². The first-order valence-corrected chi connectivity index (χ1v) is 7.72. The third-order valence-electron chi connectivity index (χ3n) is 2.63. The molecule has 0 heterocycles. The van der Waals surface area contributed by atoms with Crippen LogP contribution in [0.15, 0.2) is 53.4 Å². The molecule has 3 N–H and O–H groups in total. The summed E-state index contributed by atoms with van der Waals surface area (Å²) >= 11 is 0. The van der Waals surface area contributed by atoms with Crippen molar-refractivity contribution in [1.82, 2.24) is 0 Å². The van der Waals surface area contributed by atoms with Crippen LogP contribution in [0.25, 0.3) is 0 Å². The monoisotopic (exact) mass is 310 g/mol. The molecule has 0 radical (unpaired) electrons. The number of benzene rings is 2. The van der Waals surface area contributed by atoms with Gasteiger partial charge in [-0.15, -0.1) is 0 Å². The Balaban J connectivity index is 2.31. The Bertz CT molecular complexity index is 720. The molecule has 5 nitrogen and oxygen atoms in total.